The molecule has 2 atom stereocenters. The molecule has 2 rings (SSSR count). The van der Waals surface area contributed by atoms with Gasteiger partial charge in [-0.25, -0.2) is 0 Å². The minimum atomic E-state index is 0.228. The maximum Gasteiger partial charge on any atom is 0.0842 e. The van der Waals surface area contributed by atoms with Crippen LogP contribution in [0.3, 0.4) is 0 Å². The van der Waals surface area contributed by atoms with E-state index in [2.05, 4.69) is 36.5 Å². The molecule has 0 spiro atoms. The average Bonchev–Trinajstić information content (AvgIpc) is 2.45. The first kappa shape index (κ1) is 14.5. The second-order valence-electron chi connectivity index (χ2n) is 5.08. The third kappa shape index (κ3) is 4.03. The van der Waals surface area contributed by atoms with Crippen molar-refractivity contribution >= 4 is 0 Å². The van der Waals surface area contributed by atoms with Crippen molar-refractivity contribution in [1.82, 2.24) is 5.32 Å². The maximum atomic E-state index is 5.98. The summed E-state index contributed by atoms with van der Waals surface area (Å²) in [5.74, 6) is 0. The Morgan fingerprint density at radius 3 is 3.05 bits per heavy atom. The number of rotatable bonds is 7. The van der Waals surface area contributed by atoms with Gasteiger partial charge in [-0.3, -0.25) is 0 Å². The highest BCUT2D eigenvalue weighted by atomic mass is 16.5. The highest BCUT2D eigenvalue weighted by Crippen LogP contribution is 2.30. The van der Waals surface area contributed by atoms with Crippen LogP contribution in [0.4, 0.5) is 0 Å². The molecule has 1 aromatic rings. The van der Waals surface area contributed by atoms with Crippen LogP contribution in [0.1, 0.15) is 37.0 Å². The van der Waals surface area contributed by atoms with Crippen molar-refractivity contribution < 1.29 is 9.47 Å². The Labute approximate surface area is 116 Å². The number of fused-ring (bicyclic) bond motifs is 1. The molecule has 0 bridgehead atoms. The van der Waals surface area contributed by atoms with Crippen LogP contribution in [0.25, 0.3) is 0 Å². The molecule has 1 aliphatic rings. The molecule has 1 aromatic carbocycles. The van der Waals surface area contributed by atoms with Gasteiger partial charge < -0.3 is 14.8 Å². The van der Waals surface area contributed by atoms with E-state index >= 15 is 0 Å². The number of nitrogens with one attached hydrogen (secondary N) is 1. The molecule has 1 heterocycles. The van der Waals surface area contributed by atoms with E-state index < -0.39 is 0 Å². The Kier molecular flexibility index (Phi) is 5.83. The molecule has 0 fully saturated rings. The normalized spacial score (nSPS) is 20.0. The number of methoxy groups -OCH3 is 1. The van der Waals surface area contributed by atoms with Crippen molar-refractivity contribution in [2.75, 3.05) is 26.9 Å². The van der Waals surface area contributed by atoms with Gasteiger partial charge in [0.1, 0.15) is 0 Å². The van der Waals surface area contributed by atoms with E-state index in [1.165, 1.54) is 11.1 Å². The summed E-state index contributed by atoms with van der Waals surface area (Å²) in [6.07, 6.45) is 3.32. The minimum Gasteiger partial charge on any atom is -0.385 e. The van der Waals surface area contributed by atoms with Gasteiger partial charge in [0.2, 0.25) is 0 Å². The predicted molar refractivity (Wildman–Crippen MR) is 77.4 cm³/mol. The Morgan fingerprint density at radius 1 is 1.42 bits per heavy atom. The van der Waals surface area contributed by atoms with Crippen molar-refractivity contribution in [3.63, 3.8) is 0 Å². The molecule has 2 unspecified atom stereocenters. The topological polar surface area (TPSA) is 30.5 Å². The molecule has 19 heavy (non-hydrogen) atoms. The van der Waals surface area contributed by atoms with Crippen LogP contribution in [0.15, 0.2) is 24.3 Å². The van der Waals surface area contributed by atoms with Crippen LogP contribution >= 0.6 is 0 Å². The van der Waals surface area contributed by atoms with Gasteiger partial charge in [0.25, 0.3) is 0 Å². The number of hydrogen-bond donors (Lipinski definition) is 1. The van der Waals surface area contributed by atoms with E-state index in [1.807, 2.05) is 0 Å². The summed E-state index contributed by atoms with van der Waals surface area (Å²) >= 11 is 0. The van der Waals surface area contributed by atoms with Gasteiger partial charge in [-0.2, -0.15) is 0 Å². The third-order valence-corrected chi connectivity index (χ3v) is 3.75. The van der Waals surface area contributed by atoms with Crippen LogP contribution < -0.4 is 5.32 Å². The monoisotopic (exact) mass is 263 g/mol. The van der Waals surface area contributed by atoms with Crippen LogP contribution in [0.5, 0.6) is 0 Å². The molecule has 3 heteroatoms. The second kappa shape index (κ2) is 7.63. The summed E-state index contributed by atoms with van der Waals surface area (Å²) < 4.78 is 11.2. The van der Waals surface area contributed by atoms with Gasteiger partial charge in [-0.15, -0.1) is 0 Å². The molecular formula is C16H25NO2. The Balaban J connectivity index is 2.01. The fourth-order valence-corrected chi connectivity index (χ4v) is 2.78. The summed E-state index contributed by atoms with van der Waals surface area (Å²) in [6, 6.07) is 9.12. The zero-order valence-corrected chi connectivity index (χ0v) is 12.0. The number of hydrogen-bond acceptors (Lipinski definition) is 3. The van der Waals surface area contributed by atoms with Gasteiger partial charge in [0.15, 0.2) is 0 Å². The summed E-state index contributed by atoms with van der Waals surface area (Å²) in [6.45, 7) is 4.77. The van der Waals surface area contributed by atoms with E-state index in [0.717, 1.165) is 39.0 Å². The Morgan fingerprint density at radius 2 is 2.26 bits per heavy atom. The highest BCUT2D eigenvalue weighted by Gasteiger charge is 2.23. The van der Waals surface area contributed by atoms with Gasteiger partial charge in [-0.1, -0.05) is 31.2 Å². The molecule has 106 valence electrons. The van der Waals surface area contributed by atoms with Gasteiger partial charge in [0.05, 0.1) is 12.7 Å². The van der Waals surface area contributed by atoms with Crippen LogP contribution in [-0.2, 0) is 15.9 Å². The predicted octanol–water partition coefficient (Wildman–Crippen LogP) is 2.71. The zero-order valence-electron chi connectivity index (χ0n) is 12.0. The average molecular weight is 263 g/mol. The van der Waals surface area contributed by atoms with E-state index in [9.17, 15) is 0 Å². The smallest absolute Gasteiger partial charge is 0.0842 e. The van der Waals surface area contributed by atoms with E-state index in [-0.39, 0.29) is 6.10 Å². The first-order valence-corrected chi connectivity index (χ1v) is 7.26. The second-order valence-corrected chi connectivity index (χ2v) is 5.08. The Hall–Kier alpha value is -0.900. The molecule has 0 saturated carbocycles. The van der Waals surface area contributed by atoms with Crippen molar-refractivity contribution in [3.8, 4) is 0 Å². The molecule has 1 N–H and O–H groups in total. The lowest BCUT2D eigenvalue weighted by Crippen LogP contribution is -2.33. The van der Waals surface area contributed by atoms with Gasteiger partial charge >= 0.3 is 0 Å². The summed E-state index contributed by atoms with van der Waals surface area (Å²) in [5.41, 5.74) is 2.81. The third-order valence-electron chi connectivity index (χ3n) is 3.75. The maximum absolute atomic E-state index is 5.98. The minimum absolute atomic E-state index is 0.228. The van der Waals surface area contributed by atoms with Crippen molar-refractivity contribution in [1.29, 1.82) is 0 Å². The van der Waals surface area contributed by atoms with Crippen molar-refractivity contribution in [3.05, 3.63) is 35.4 Å². The van der Waals surface area contributed by atoms with Gasteiger partial charge in [-0.05, 0) is 36.9 Å². The molecule has 1 aliphatic heterocycles. The summed E-state index contributed by atoms with van der Waals surface area (Å²) in [4.78, 5) is 0. The van der Waals surface area contributed by atoms with E-state index in [0.29, 0.717) is 6.04 Å². The van der Waals surface area contributed by atoms with E-state index in [4.69, 9.17) is 9.47 Å². The first-order valence-electron chi connectivity index (χ1n) is 7.26. The van der Waals surface area contributed by atoms with E-state index in [1.54, 1.807) is 7.11 Å². The lowest BCUT2D eigenvalue weighted by Gasteiger charge is -2.29. The molecule has 3 nitrogen and oxygen atoms in total. The van der Waals surface area contributed by atoms with Crippen LogP contribution in [-0.4, -0.2) is 32.9 Å². The summed E-state index contributed by atoms with van der Waals surface area (Å²) in [7, 11) is 1.76. The fraction of sp³-hybridized carbons (Fsp3) is 0.625. The quantitative estimate of drug-likeness (QED) is 0.820. The van der Waals surface area contributed by atoms with Gasteiger partial charge in [0, 0.05) is 19.8 Å². The number of ether oxygens (including phenoxy) is 2. The molecule has 0 aliphatic carbocycles. The molecular weight excluding hydrogens is 238 g/mol. The molecule has 0 radical (unpaired) electrons. The van der Waals surface area contributed by atoms with Crippen molar-refractivity contribution in [2.45, 2.75) is 38.3 Å². The standard InChI is InChI=1S/C16H25NO2/c1-3-17-14(9-10-18-2)12-16-15-7-5-4-6-13(15)8-11-19-16/h4-7,14,16-17H,3,8-12H2,1-2H3. The molecule has 0 aromatic heterocycles. The van der Waals surface area contributed by atoms with Crippen LogP contribution in [0, 0.1) is 0 Å². The summed E-state index contributed by atoms with van der Waals surface area (Å²) in [5, 5.41) is 3.54. The van der Waals surface area contributed by atoms with Crippen molar-refractivity contribution in [2.24, 2.45) is 0 Å². The fourth-order valence-electron chi connectivity index (χ4n) is 2.78. The Bertz CT molecular complexity index is 381. The van der Waals surface area contributed by atoms with Crippen LogP contribution in [0.2, 0.25) is 0 Å². The largest absolute Gasteiger partial charge is 0.385 e. The lowest BCUT2D eigenvalue weighted by molar-refractivity contribution is 0.0269. The highest BCUT2D eigenvalue weighted by molar-refractivity contribution is 5.31. The first-order chi connectivity index (χ1) is 9.35. The molecule has 0 saturated heterocycles. The SMILES string of the molecule is CCNC(CCOC)CC1OCCc2ccccc21. The lowest BCUT2D eigenvalue weighted by atomic mass is 9.93. The number of benzene rings is 1. The molecule has 0 amide bonds. The zero-order chi connectivity index (χ0) is 13.5.